The van der Waals surface area contributed by atoms with Gasteiger partial charge < -0.3 is 10.4 Å². The van der Waals surface area contributed by atoms with E-state index >= 15 is 0 Å². The van der Waals surface area contributed by atoms with Gasteiger partial charge in [0.15, 0.2) is 0 Å². The summed E-state index contributed by atoms with van der Waals surface area (Å²) >= 11 is 1.58. The van der Waals surface area contributed by atoms with Crippen molar-refractivity contribution in [1.82, 2.24) is 9.62 Å². The molecule has 0 unspecified atom stereocenters. The largest absolute Gasteiger partial charge is 0.480 e. The maximum Gasteiger partial charge on any atom is 0.326 e. The number of carbonyl (C=O) groups is 2. The average Bonchev–Trinajstić information content (AvgIpc) is 3.52. The van der Waals surface area contributed by atoms with Crippen LogP contribution in [0.3, 0.4) is 0 Å². The molecule has 1 aliphatic rings. The molecule has 0 saturated carbocycles. The highest BCUT2D eigenvalue weighted by Crippen LogP contribution is 2.27. The first-order valence-corrected chi connectivity index (χ1v) is 13.1. The lowest BCUT2D eigenvalue weighted by atomic mass is 10.0. The number of thiophene rings is 1. The van der Waals surface area contributed by atoms with E-state index in [1.165, 1.54) is 12.1 Å². The maximum atomic E-state index is 13.6. The van der Waals surface area contributed by atoms with E-state index in [-0.39, 0.29) is 24.3 Å². The molecule has 7 nitrogen and oxygen atoms in total. The summed E-state index contributed by atoms with van der Waals surface area (Å²) in [5.74, 6) is -2.59. The van der Waals surface area contributed by atoms with Crippen LogP contribution in [0.4, 0.5) is 4.39 Å². The normalized spacial score (nSPS) is 17.4. The van der Waals surface area contributed by atoms with Crippen molar-refractivity contribution in [3.63, 3.8) is 0 Å². The summed E-state index contributed by atoms with van der Waals surface area (Å²) in [5, 5.41) is 16.2. The van der Waals surface area contributed by atoms with Gasteiger partial charge in [-0.05, 0) is 64.6 Å². The molecule has 4 rings (SSSR count). The number of carboxylic acids is 1. The van der Waals surface area contributed by atoms with Gasteiger partial charge in [0.25, 0.3) is 0 Å². The van der Waals surface area contributed by atoms with E-state index in [0.29, 0.717) is 6.42 Å². The number of nitrogens with one attached hydrogen (secondary N) is 1. The number of hydrogen-bond acceptors (Lipinski definition) is 5. The molecule has 1 amide bonds. The predicted octanol–water partition coefficient (Wildman–Crippen LogP) is 3.52. The first-order valence-electron chi connectivity index (χ1n) is 10.7. The van der Waals surface area contributed by atoms with Crippen LogP contribution in [0.15, 0.2) is 70.3 Å². The predicted molar refractivity (Wildman–Crippen MR) is 126 cm³/mol. The number of benzene rings is 2. The van der Waals surface area contributed by atoms with Crippen LogP contribution in [-0.2, 0) is 26.0 Å². The van der Waals surface area contributed by atoms with Crippen molar-refractivity contribution < 1.29 is 27.5 Å². The molecule has 1 fully saturated rings. The third-order valence-electron chi connectivity index (χ3n) is 5.77. The number of aliphatic carboxylic acids is 1. The van der Waals surface area contributed by atoms with Gasteiger partial charge in [-0.2, -0.15) is 15.6 Å². The summed E-state index contributed by atoms with van der Waals surface area (Å²) in [4.78, 5) is 24.6. The number of amides is 1. The SMILES string of the molecule is O=C(O)[C@H](Cc1ccc(-c2ccsc2)cc1)NC(=O)[C@@H]1CCCN1S(=O)(=O)c1cccc(F)c1. The third-order valence-corrected chi connectivity index (χ3v) is 8.36. The fraction of sp³-hybridized carbons (Fsp3) is 0.250. The van der Waals surface area contributed by atoms with Gasteiger partial charge in [0.05, 0.1) is 4.90 Å². The zero-order valence-electron chi connectivity index (χ0n) is 18.1. The van der Waals surface area contributed by atoms with Crippen molar-refractivity contribution >= 4 is 33.2 Å². The molecule has 1 aromatic heterocycles. The van der Waals surface area contributed by atoms with E-state index < -0.39 is 39.8 Å². The molecule has 1 aliphatic heterocycles. The molecule has 2 atom stereocenters. The molecule has 0 radical (unpaired) electrons. The number of carbonyl (C=O) groups excluding carboxylic acids is 1. The number of nitrogens with zero attached hydrogens (tertiary/aromatic N) is 1. The fourth-order valence-corrected chi connectivity index (χ4v) is 6.37. The Balaban J connectivity index is 1.47. The van der Waals surface area contributed by atoms with E-state index in [9.17, 15) is 27.5 Å². The first kappa shape index (κ1) is 24.1. The molecule has 10 heteroatoms. The van der Waals surface area contributed by atoms with Crippen LogP contribution in [0.1, 0.15) is 18.4 Å². The van der Waals surface area contributed by atoms with Crippen molar-refractivity contribution in [2.45, 2.75) is 36.2 Å². The first-order chi connectivity index (χ1) is 16.3. The lowest BCUT2D eigenvalue weighted by Crippen LogP contribution is -2.51. The highest BCUT2D eigenvalue weighted by molar-refractivity contribution is 7.89. The van der Waals surface area contributed by atoms with Crippen LogP contribution in [0.5, 0.6) is 0 Å². The van der Waals surface area contributed by atoms with E-state index in [1.54, 1.807) is 11.3 Å². The standard InChI is InChI=1S/C24H23FN2O5S2/c25-19-3-1-4-20(14-19)34(31,32)27-11-2-5-22(27)23(28)26-21(24(29)30)13-16-6-8-17(9-7-16)18-10-12-33-15-18/h1,3-4,6-10,12,14-15,21-22H,2,5,11,13H2,(H,26,28)(H,29,30)/t21-,22-/m0/s1. The average molecular weight is 503 g/mol. The molecule has 2 aromatic carbocycles. The smallest absolute Gasteiger partial charge is 0.326 e. The second-order valence-corrected chi connectivity index (χ2v) is 10.7. The monoisotopic (exact) mass is 502 g/mol. The Hall–Kier alpha value is -3.08. The Bertz CT molecular complexity index is 1280. The minimum atomic E-state index is -4.11. The van der Waals surface area contributed by atoms with E-state index in [1.807, 2.05) is 41.1 Å². The second kappa shape index (κ2) is 10.0. The highest BCUT2D eigenvalue weighted by atomic mass is 32.2. The second-order valence-electron chi connectivity index (χ2n) is 8.04. The van der Waals surface area contributed by atoms with Crippen LogP contribution < -0.4 is 5.32 Å². The molecule has 2 heterocycles. The van der Waals surface area contributed by atoms with E-state index in [4.69, 9.17) is 0 Å². The molecular weight excluding hydrogens is 479 g/mol. The summed E-state index contributed by atoms with van der Waals surface area (Å²) in [6, 6.07) is 11.7. The number of hydrogen-bond donors (Lipinski definition) is 2. The van der Waals surface area contributed by atoms with Crippen molar-refractivity contribution in [3.8, 4) is 11.1 Å². The Kier molecular flexibility index (Phi) is 7.11. The van der Waals surface area contributed by atoms with Gasteiger partial charge in [0.1, 0.15) is 17.9 Å². The summed E-state index contributed by atoms with van der Waals surface area (Å²) < 4.78 is 40.6. The zero-order chi connectivity index (χ0) is 24.3. The van der Waals surface area contributed by atoms with Crippen LogP contribution >= 0.6 is 11.3 Å². The fourth-order valence-electron chi connectivity index (χ4n) is 4.02. The molecule has 3 aromatic rings. The quantitative estimate of drug-likeness (QED) is 0.491. The van der Waals surface area contributed by atoms with E-state index in [0.717, 1.165) is 33.1 Å². The lowest BCUT2D eigenvalue weighted by Gasteiger charge is -2.25. The number of rotatable bonds is 8. The van der Waals surface area contributed by atoms with Crippen molar-refractivity contribution in [1.29, 1.82) is 0 Å². The molecule has 0 aliphatic carbocycles. The minimum absolute atomic E-state index is 0.0500. The van der Waals surface area contributed by atoms with Gasteiger partial charge in [0, 0.05) is 13.0 Å². The van der Waals surface area contributed by atoms with Crippen molar-refractivity contribution in [2.24, 2.45) is 0 Å². The topological polar surface area (TPSA) is 104 Å². The molecule has 0 spiro atoms. The summed E-state index contributed by atoms with van der Waals surface area (Å²) in [6.07, 6.45) is 0.741. The van der Waals surface area contributed by atoms with Crippen molar-refractivity contribution in [2.75, 3.05) is 6.54 Å². The van der Waals surface area contributed by atoms with Gasteiger partial charge in [0.2, 0.25) is 15.9 Å². The Labute approximate surface area is 200 Å². The van der Waals surface area contributed by atoms with Crippen LogP contribution in [0.25, 0.3) is 11.1 Å². The Morgan fingerprint density at radius 2 is 1.91 bits per heavy atom. The highest BCUT2D eigenvalue weighted by Gasteiger charge is 2.40. The van der Waals surface area contributed by atoms with Crippen LogP contribution in [0.2, 0.25) is 0 Å². The lowest BCUT2D eigenvalue weighted by molar-refractivity contribution is -0.142. The molecule has 178 valence electrons. The number of halogens is 1. The molecular formula is C24H23FN2O5S2. The Morgan fingerprint density at radius 3 is 2.56 bits per heavy atom. The van der Waals surface area contributed by atoms with Gasteiger partial charge >= 0.3 is 5.97 Å². The maximum absolute atomic E-state index is 13.6. The van der Waals surface area contributed by atoms with E-state index in [2.05, 4.69) is 5.32 Å². The molecule has 2 N–H and O–H groups in total. The third kappa shape index (κ3) is 5.19. The summed E-state index contributed by atoms with van der Waals surface area (Å²) in [5.41, 5.74) is 2.80. The van der Waals surface area contributed by atoms with Gasteiger partial charge in [-0.3, -0.25) is 4.79 Å². The molecule has 34 heavy (non-hydrogen) atoms. The van der Waals surface area contributed by atoms with Crippen LogP contribution in [0, 0.1) is 5.82 Å². The minimum Gasteiger partial charge on any atom is -0.480 e. The molecule has 0 bridgehead atoms. The van der Waals surface area contributed by atoms with Crippen molar-refractivity contribution in [3.05, 3.63) is 76.7 Å². The molecule has 1 saturated heterocycles. The van der Waals surface area contributed by atoms with Crippen LogP contribution in [-0.4, -0.2) is 48.3 Å². The number of carboxylic acid groups (broad SMARTS) is 1. The summed E-state index contributed by atoms with van der Waals surface area (Å²) in [7, 11) is -4.11. The zero-order valence-corrected chi connectivity index (χ0v) is 19.7. The van der Waals surface area contributed by atoms with Gasteiger partial charge in [-0.1, -0.05) is 30.3 Å². The summed E-state index contributed by atoms with van der Waals surface area (Å²) in [6.45, 7) is 0.0959. The van der Waals surface area contributed by atoms with Gasteiger partial charge in [-0.15, -0.1) is 0 Å². The number of sulfonamides is 1. The Morgan fingerprint density at radius 1 is 1.15 bits per heavy atom. The van der Waals surface area contributed by atoms with Gasteiger partial charge in [-0.25, -0.2) is 17.6 Å².